The fraction of sp³-hybridized carbons (Fsp3) is 0.538. The van der Waals surface area contributed by atoms with Crippen LogP contribution >= 0.6 is 0 Å². The predicted octanol–water partition coefficient (Wildman–Crippen LogP) is 2.52. The number of benzene rings is 1. The zero-order chi connectivity index (χ0) is 12.3. The van der Waals surface area contributed by atoms with E-state index in [1.807, 2.05) is 0 Å². The first-order valence-corrected chi connectivity index (χ1v) is 5.94. The average Bonchev–Trinajstić information content (AvgIpc) is 2.35. The molecule has 0 amide bonds. The lowest BCUT2D eigenvalue weighted by atomic mass is 9.90. The third-order valence-corrected chi connectivity index (χ3v) is 3.30. The van der Waals surface area contributed by atoms with Gasteiger partial charge in [-0.25, -0.2) is 8.78 Å². The molecule has 17 heavy (non-hydrogen) atoms. The summed E-state index contributed by atoms with van der Waals surface area (Å²) in [6.07, 6.45) is 2.74. The molecular weight excluding hydrogens is 224 g/mol. The molecule has 2 nitrogen and oxygen atoms in total. The molecule has 94 valence electrons. The fourth-order valence-corrected chi connectivity index (χ4v) is 2.31. The van der Waals surface area contributed by atoms with E-state index in [-0.39, 0.29) is 5.75 Å². The molecule has 1 saturated heterocycles. The van der Waals surface area contributed by atoms with Gasteiger partial charge in [-0.05, 0) is 49.9 Å². The normalized spacial score (nSPS) is 17.1. The van der Waals surface area contributed by atoms with Crippen LogP contribution in [0.15, 0.2) is 12.1 Å². The summed E-state index contributed by atoms with van der Waals surface area (Å²) in [5, 5.41) is 3.27. The molecule has 1 N–H and O–H groups in total. The van der Waals surface area contributed by atoms with Crippen molar-refractivity contribution in [1.82, 2.24) is 5.32 Å². The summed E-state index contributed by atoms with van der Waals surface area (Å²) in [5.41, 5.74) is 0.551. The summed E-state index contributed by atoms with van der Waals surface area (Å²) in [6.45, 7) is 1.95. The summed E-state index contributed by atoms with van der Waals surface area (Å²) in [4.78, 5) is 0. The second-order valence-corrected chi connectivity index (χ2v) is 4.45. The van der Waals surface area contributed by atoms with Crippen molar-refractivity contribution in [2.45, 2.75) is 19.3 Å². The highest BCUT2D eigenvalue weighted by Crippen LogP contribution is 2.27. The minimum Gasteiger partial charge on any atom is -0.491 e. The van der Waals surface area contributed by atoms with Gasteiger partial charge in [-0.2, -0.15) is 0 Å². The van der Waals surface area contributed by atoms with Crippen molar-refractivity contribution in [2.24, 2.45) is 5.92 Å². The predicted molar refractivity (Wildman–Crippen MR) is 62.2 cm³/mol. The van der Waals surface area contributed by atoms with Crippen molar-refractivity contribution < 1.29 is 13.5 Å². The van der Waals surface area contributed by atoms with Crippen LogP contribution in [0.5, 0.6) is 5.75 Å². The molecule has 0 unspecified atom stereocenters. The lowest BCUT2D eigenvalue weighted by molar-refractivity contribution is 0.346. The SMILES string of the molecule is COc1c(F)ccc(CC2CCNCC2)c1F. The summed E-state index contributed by atoms with van der Waals surface area (Å²) < 4.78 is 31.9. The Kier molecular flexibility index (Phi) is 3.94. The summed E-state index contributed by atoms with van der Waals surface area (Å²) in [7, 11) is 1.29. The maximum Gasteiger partial charge on any atom is 0.190 e. The molecule has 0 saturated carbocycles. The van der Waals surface area contributed by atoms with Gasteiger partial charge in [0.05, 0.1) is 7.11 Å². The van der Waals surface area contributed by atoms with Crippen LogP contribution in [-0.2, 0) is 6.42 Å². The maximum absolute atomic E-state index is 13.9. The van der Waals surface area contributed by atoms with Gasteiger partial charge in [-0.3, -0.25) is 0 Å². The summed E-state index contributed by atoms with van der Waals surface area (Å²) in [6, 6.07) is 2.80. The number of methoxy groups -OCH3 is 1. The van der Waals surface area contributed by atoms with Gasteiger partial charge in [0.1, 0.15) is 0 Å². The molecule has 1 fully saturated rings. The molecule has 0 spiro atoms. The van der Waals surface area contributed by atoms with Crippen LogP contribution in [0.4, 0.5) is 8.78 Å². The molecule has 1 heterocycles. The van der Waals surface area contributed by atoms with E-state index in [0.717, 1.165) is 25.9 Å². The highest BCUT2D eigenvalue weighted by molar-refractivity contribution is 5.33. The topological polar surface area (TPSA) is 21.3 Å². The van der Waals surface area contributed by atoms with E-state index in [2.05, 4.69) is 5.32 Å². The monoisotopic (exact) mass is 241 g/mol. The van der Waals surface area contributed by atoms with Gasteiger partial charge in [-0.15, -0.1) is 0 Å². The van der Waals surface area contributed by atoms with Crippen molar-refractivity contribution in [3.8, 4) is 5.75 Å². The van der Waals surface area contributed by atoms with Crippen molar-refractivity contribution in [1.29, 1.82) is 0 Å². The van der Waals surface area contributed by atoms with Crippen LogP contribution in [-0.4, -0.2) is 20.2 Å². The van der Waals surface area contributed by atoms with Crippen LogP contribution in [0.25, 0.3) is 0 Å². The van der Waals surface area contributed by atoms with Crippen molar-refractivity contribution in [3.05, 3.63) is 29.3 Å². The third kappa shape index (κ3) is 2.75. The summed E-state index contributed by atoms with van der Waals surface area (Å²) >= 11 is 0. The number of rotatable bonds is 3. The van der Waals surface area contributed by atoms with Crippen molar-refractivity contribution in [2.75, 3.05) is 20.2 Å². The number of piperidine rings is 1. The third-order valence-electron chi connectivity index (χ3n) is 3.30. The molecule has 2 rings (SSSR count). The van der Waals surface area contributed by atoms with Crippen LogP contribution < -0.4 is 10.1 Å². The van der Waals surface area contributed by atoms with Crippen molar-refractivity contribution in [3.63, 3.8) is 0 Å². The van der Waals surface area contributed by atoms with Gasteiger partial charge < -0.3 is 10.1 Å². The van der Waals surface area contributed by atoms with E-state index < -0.39 is 11.6 Å². The Hall–Kier alpha value is -1.16. The van der Waals surface area contributed by atoms with Gasteiger partial charge in [-0.1, -0.05) is 6.07 Å². The van der Waals surface area contributed by atoms with Crippen LogP contribution in [0.3, 0.4) is 0 Å². The highest BCUT2D eigenvalue weighted by atomic mass is 19.1. The Morgan fingerprint density at radius 2 is 2.00 bits per heavy atom. The quantitative estimate of drug-likeness (QED) is 0.878. The van der Waals surface area contributed by atoms with Gasteiger partial charge in [0, 0.05) is 0 Å². The molecule has 1 aromatic carbocycles. The molecule has 0 aliphatic carbocycles. The van der Waals surface area contributed by atoms with Crippen LogP contribution in [0.2, 0.25) is 0 Å². The Morgan fingerprint density at radius 3 is 2.65 bits per heavy atom. The largest absolute Gasteiger partial charge is 0.491 e. The first-order chi connectivity index (χ1) is 8.22. The minimum atomic E-state index is -0.640. The molecule has 1 aliphatic heterocycles. The zero-order valence-corrected chi connectivity index (χ0v) is 9.93. The number of ether oxygens (including phenoxy) is 1. The first-order valence-electron chi connectivity index (χ1n) is 5.94. The molecule has 0 radical (unpaired) electrons. The molecule has 1 aromatic rings. The molecule has 0 bridgehead atoms. The number of halogens is 2. The Morgan fingerprint density at radius 1 is 1.29 bits per heavy atom. The van der Waals surface area contributed by atoms with Gasteiger partial charge in [0.2, 0.25) is 0 Å². The summed E-state index contributed by atoms with van der Waals surface area (Å²) in [5.74, 6) is -0.984. The fourth-order valence-electron chi connectivity index (χ4n) is 2.31. The van der Waals surface area contributed by atoms with E-state index in [1.54, 1.807) is 0 Å². The zero-order valence-electron chi connectivity index (χ0n) is 9.93. The van der Waals surface area contributed by atoms with Gasteiger partial charge in [0.15, 0.2) is 17.4 Å². The van der Waals surface area contributed by atoms with Crippen molar-refractivity contribution >= 4 is 0 Å². The molecule has 1 aliphatic rings. The average molecular weight is 241 g/mol. The molecule has 0 aromatic heterocycles. The first kappa shape index (κ1) is 12.3. The van der Waals surface area contributed by atoms with E-state index >= 15 is 0 Å². The molecule has 4 heteroatoms. The minimum absolute atomic E-state index is 0.267. The lowest BCUT2D eigenvalue weighted by Gasteiger charge is -2.23. The maximum atomic E-state index is 13.9. The van der Waals surface area contributed by atoms with E-state index in [4.69, 9.17) is 4.74 Å². The van der Waals surface area contributed by atoms with Gasteiger partial charge >= 0.3 is 0 Å². The smallest absolute Gasteiger partial charge is 0.190 e. The highest BCUT2D eigenvalue weighted by Gasteiger charge is 2.19. The van der Waals surface area contributed by atoms with E-state index in [1.165, 1.54) is 19.2 Å². The second-order valence-electron chi connectivity index (χ2n) is 4.45. The Bertz CT molecular complexity index is 389. The molecular formula is C13H17F2NO. The van der Waals surface area contributed by atoms with E-state index in [0.29, 0.717) is 17.9 Å². The lowest BCUT2D eigenvalue weighted by Crippen LogP contribution is -2.28. The Labute approximate surface area is 100.0 Å². The number of hydrogen-bond donors (Lipinski definition) is 1. The number of nitrogens with one attached hydrogen (secondary N) is 1. The Balaban J connectivity index is 2.15. The van der Waals surface area contributed by atoms with E-state index in [9.17, 15) is 8.78 Å². The number of hydrogen-bond acceptors (Lipinski definition) is 2. The van der Waals surface area contributed by atoms with Crippen LogP contribution in [0.1, 0.15) is 18.4 Å². The van der Waals surface area contributed by atoms with Crippen LogP contribution in [0, 0.1) is 17.6 Å². The second kappa shape index (κ2) is 5.45. The standard InChI is InChI=1S/C13H17F2NO/c1-17-13-11(14)3-2-10(12(13)15)8-9-4-6-16-7-5-9/h2-3,9,16H,4-8H2,1H3. The van der Waals surface area contributed by atoms with Gasteiger partial charge in [0.25, 0.3) is 0 Å². The molecule has 0 atom stereocenters.